The zero-order chi connectivity index (χ0) is 15.1. The van der Waals surface area contributed by atoms with E-state index in [1.54, 1.807) is 12.1 Å². The molecule has 1 unspecified atom stereocenters. The number of methoxy groups -OCH3 is 1. The van der Waals surface area contributed by atoms with Crippen molar-refractivity contribution in [3.63, 3.8) is 0 Å². The zero-order valence-corrected chi connectivity index (χ0v) is 13.8. The molecule has 1 aliphatic carbocycles. The molecule has 0 radical (unpaired) electrons. The number of rotatable bonds is 7. The third-order valence-corrected chi connectivity index (χ3v) is 5.73. The van der Waals surface area contributed by atoms with Crippen LogP contribution in [0.15, 0.2) is 18.2 Å². The van der Waals surface area contributed by atoms with Crippen molar-refractivity contribution in [2.75, 3.05) is 19.9 Å². The number of halogens is 1. The Morgan fingerprint density at radius 1 is 1.33 bits per heavy atom. The lowest BCUT2D eigenvalue weighted by atomic mass is 10.0. The van der Waals surface area contributed by atoms with Crippen LogP contribution in [-0.2, 0) is 6.42 Å². The quantitative estimate of drug-likeness (QED) is 0.821. The number of ether oxygens (including phenoxy) is 1. The van der Waals surface area contributed by atoms with Gasteiger partial charge in [-0.2, -0.15) is 11.8 Å². The van der Waals surface area contributed by atoms with Crippen LogP contribution in [0.2, 0.25) is 0 Å². The summed E-state index contributed by atoms with van der Waals surface area (Å²) in [6, 6.07) is 5.65. The van der Waals surface area contributed by atoms with Crippen LogP contribution in [-0.4, -0.2) is 31.2 Å². The van der Waals surface area contributed by atoms with Gasteiger partial charge in [-0.15, -0.1) is 0 Å². The molecule has 1 aliphatic rings. The third-order valence-electron chi connectivity index (χ3n) is 4.19. The van der Waals surface area contributed by atoms with Crippen LogP contribution in [0.1, 0.15) is 37.7 Å². The first kappa shape index (κ1) is 16.6. The largest absolute Gasteiger partial charge is 0.494 e. The first-order chi connectivity index (χ1) is 10.2. The Hall–Kier alpha value is -0.740. The molecule has 0 spiro atoms. The Labute approximate surface area is 131 Å². The molecule has 4 heteroatoms. The summed E-state index contributed by atoms with van der Waals surface area (Å²) in [7, 11) is 3.49. The summed E-state index contributed by atoms with van der Waals surface area (Å²) >= 11 is 2.08. The van der Waals surface area contributed by atoms with Crippen molar-refractivity contribution in [1.82, 2.24) is 5.32 Å². The molecule has 2 rings (SSSR count). The SMILES string of the molecule is CNC(CSC1CCCCC1)Cc1ccc(OC)c(F)c1. The first-order valence-corrected chi connectivity index (χ1v) is 8.89. The average molecular weight is 311 g/mol. The Bertz CT molecular complexity index is 435. The van der Waals surface area contributed by atoms with Crippen LogP contribution in [0, 0.1) is 5.82 Å². The molecule has 0 saturated heterocycles. The molecule has 1 fully saturated rings. The molecule has 0 aliphatic heterocycles. The Balaban J connectivity index is 1.84. The fourth-order valence-electron chi connectivity index (χ4n) is 2.85. The Kier molecular flexibility index (Phi) is 6.84. The molecule has 0 heterocycles. The number of thioether (sulfide) groups is 1. The molecule has 1 N–H and O–H groups in total. The third kappa shape index (κ3) is 5.19. The van der Waals surface area contributed by atoms with E-state index < -0.39 is 0 Å². The van der Waals surface area contributed by atoms with Crippen molar-refractivity contribution in [2.24, 2.45) is 0 Å². The maximum absolute atomic E-state index is 13.7. The van der Waals surface area contributed by atoms with Gasteiger partial charge in [0.2, 0.25) is 0 Å². The van der Waals surface area contributed by atoms with E-state index in [1.165, 1.54) is 39.2 Å². The van der Waals surface area contributed by atoms with Gasteiger partial charge in [-0.05, 0) is 44.0 Å². The highest BCUT2D eigenvalue weighted by molar-refractivity contribution is 7.99. The molecule has 1 atom stereocenters. The van der Waals surface area contributed by atoms with E-state index in [4.69, 9.17) is 4.74 Å². The normalized spacial score (nSPS) is 17.7. The van der Waals surface area contributed by atoms with Gasteiger partial charge < -0.3 is 10.1 Å². The molecule has 1 aromatic rings. The molecule has 0 aromatic heterocycles. The predicted octanol–water partition coefficient (Wildman–Crippen LogP) is 4.03. The van der Waals surface area contributed by atoms with E-state index in [1.807, 2.05) is 13.1 Å². The monoisotopic (exact) mass is 311 g/mol. The van der Waals surface area contributed by atoms with E-state index in [-0.39, 0.29) is 5.82 Å². The average Bonchev–Trinajstić information content (AvgIpc) is 2.52. The van der Waals surface area contributed by atoms with Crippen LogP contribution in [0.3, 0.4) is 0 Å². The summed E-state index contributed by atoms with van der Waals surface area (Å²) in [6.07, 6.45) is 7.74. The van der Waals surface area contributed by atoms with Gasteiger partial charge in [-0.25, -0.2) is 4.39 Å². The lowest BCUT2D eigenvalue weighted by Crippen LogP contribution is -2.31. The van der Waals surface area contributed by atoms with Gasteiger partial charge in [-0.1, -0.05) is 25.3 Å². The van der Waals surface area contributed by atoms with Gasteiger partial charge in [0.05, 0.1) is 7.11 Å². The second kappa shape index (κ2) is 8.64. The summed E-state index contributed by atoms with van der Waals surface area (Å²) in [5.74, 6) is 1.13. The second-order valence-electron chi connectivity index (χ2n) is 5.75. The van der Waals surface area contributed by atoms with Gasteiger partial charge in [-0.3, -0.25) is 0 Å². The maximum Gasteiger partial charge on any atom is 0.165 e. The molecule has 0 bridgehead atoms. The smallest absolute Gasteiger partial charge is 0.165 e. The van der Waals surface area contributed by atoms with Crippen molar-refractivity contribution in [3.8, 4) is 5.75 Å². The number of hydrogen-bond donors (Lipinski definition) is 1. The Morgan fingerprint density at radius 2 is 2.10 bits per heavy atom. The maximum atomic E-state index is 13.7. The molecule has 1 saturated carbocycles. The fourth-order valence-corrected chi connectivity index (χ4v) is 4.31. The highest BCUT2D eigenvalue weighted by atomic mass is 32.2. The van der Waals surface area contributed by atoms with E-state index >= 15 is 0 Å². The second-order valence-corrected chi connectivity index (χ2v) is 7.09. The lowest BCUT2D eigenvalue weighted by Gasteiger charge is -2.24. The Morgan fingerprint density at radius 3 is 2.71 bits per heavy atom. The summed E-state index contributed by atoms with van der Waals surface area (Å²) in [5, 5.41) is 4.19. The van der Waals surface area contributed by atoms with Crippen LogP contribution in [0.25, 0.3) is 0 Å². The predicted molar refractivity (Wildman–Crippen MR) is 88.8 cm³/mol. The van der Waals surface area contributed by atoms with Gasteiger partial charge in [0.1, 0.15) is 0 Å². The van der Waals surface area contributed by atoms with Crippen LogP contribution < -0.4 is 10.1 Å². The van der Waals surface area contributed by atoms with Crippen LogP contribution >= 0.6 is 11.8 Å². The molecule has 21 heavy (non-hydrogen) atoms. The van der Waals surface area contributed by atoms with Crippen molar-refractivity contribution in [1.29, 1.82) is 0 Å². The van der Waals surface area contributed by atoms with Crippen LogP contribution in [0.5, 0.6) is 5.75 Å². The molecular weight excluding hydrogens is 285 g/mol. The summed E-state index contributed by atoms with van der Waals surface area (Å²) in [4.78, 5) is 0. The van der Waals surface area contributed by atoms with Gasteiger partial charge in [0, 0.05) is 17.0 Å². The summed E-state index contributed by atoms with van der Waals surface area (Å²) in [5.41, 5.74) is 1.02. The number of nitrogens with one attached hydrogen (secondary N) is 1. The van der Waals surface area contributed by atoms with Gasteiger partial charge >= 0.3 is 0 Å². The molecule has 1 aromatic carbocycles. The highest BCUT2D eigenvalue weighted by Crippen LogP contribution is 2.29. The minimum Gasteiger partial charge on any atom is -0.494 e. The van der Waals surface area contributed by atoms with Gasteiger partial charge in [0.25, 0.3) is 0 Å². The topological polar surface area (TPSA) is 21.3 Å². The standard InChI is InChI=1S/C17H26FNOS/c1-19-14(12-21-15-6-4-3-5-7-15)10-13-8-9-17(20-2)16(18)11-13/h8-9,11,14-15,19H,3-7,10,12H2,1-2H3. The fraction of sp³-hybridized carbons (Fsp3) is 0.647. The van der Waals surface area contributed by atoms with Crippen molar-refractivity contribution in [2.45, 2.75) is 49.8 Å². The van der Waals surface area contributed by atoms with E-state index in [2.05, 4.69) is 17.1 Å². The summed E-state index contributed by atoms with van der Waals surface area (Å²) < 4.78 is 18.7. The number of hydrogen-bond acceptors (Lipinski definition) is 3. The van der Waals surface area contributed by atoms with Crippen molar-refractivity contribution in [3.05, 3.63) is 29.6 Å². The minimum absolute atomic E-state index is 0.273. The molecule has 118 valence electrons. The zero-order valence-electron chi connectivity index (χ0n) is 13.0. The first-order valence-electron chi connectivity index (χ1n) is 7.84. The minimum atomic E-state index is -0.273. The van der Waals surface area contributed by atoms with E-state index in [0.29, 0.717) is 11.8 Å². The lowest BCUT2D eigenvalue weighted by molar-refractivity contribution is 0.386. The highest BCUT2D eigenvalue weighted by Gasteiger charge is 2.16. The van der Waals surface area contributed by atoms with Crippen molar-refractivity contribution >= 4 is 11.8 Å². The molecule has 2 nitrogen and oxygen atoms in total. The molecule has 0 amide bonds. The number of benzene rings is 1. The van der Waals surface area contributed by atoms with E-state index in [0.717, 1.165) is 23.0 Å². The summed E-state index contributed by atoms with van der Waals surface area (Å²) in [6.45, 7) is 0. The van der Waals surface area contributed by atoms with Crippen LogP contribution in [0.4, 0.5) is 4.39 Å². The number of likely N-dealkylation sites (N-methyl/N-ethyl adjacent to an activating group) is 1. The van der Waals surface area contributed by atoms with E-state index in [9.17, 15) is 4.39 Å². The molecular formula is C17H26FNOS. The van der Waals surface area contributed by atoms with Crippen molar-refractivity contribution < 1.29 is 9.13 Å². The van der Waals surface area contributed by atoms with Gasteiger partial charge in [0.15, 0.2) is 11.6 Å².